The van der Waals surface area contributed by atoms with E-state index in [-0.39, 0.29) is 0 Å². The molecule has 0 aliphatic heterocycles. The van der Waals surface area contributed by atoms with E-state index >= 15 is 0 Å². The summed E-state index contributed by atoms with van der Waals surface area (Å²) in [4.78, 5) is 4.11. The average Bonchev–Trinajstić information content (AvgIpc) is 1.86. The second-order valence-electron chi connectivity index (χ2n) is 3.15. The number of allylic oxidation sites excluding steroid dienone is 2. The summed E-state index contributed by atoms with van der Waals surface area (Å²) < 4.78 is 0. The average molecular weight is 151 g/mol. The van der Waals surface area contributed by atoms with Gasteiger partial charge in [0.05, 0.1) is 0 Å². The quantitative estimate of drug-likeness (QED) is 0.549. The molecule has 0 fully saturated rings. The fourth-order valence-corrected chi connectivity index (χ4v) is 0.431. The first-order valence-electron chi connectivity index (χ1n) is 3.89. The van der Waals surface area contributed by atoms with Crippen LogP contribution in [0.25, 0.3) is 0 Å². The molecular weight excluding hydrogens is 134 g/mol. The van der Waals surface area contributed by atoms with Gasteiger partial charge in [0.2, 0.25) is 0 Å². The van der Waals surface area contributed by atoms with Crippen molar-refractivity contribution in [2.75, 3.05) is 0 Å². The highest BCUT2D eigenvalue weighted by molar-refractivity contribution is 5.77. The molecular formula is C10H17N. The Morgan fingerprint density at radius 1 is 1.36 bits per heavy atom. The summed E-state index contributed by atoms with van der Waals surface area (Å²) in [6.45, 7) is 12.0. The van der Waals surface area contributed by atoms with E-state index in [1.807, 2.05) is 13.1 Å². The van der Waals surface area contributed by atoms with E-state index < -0.39 is 0 Å². The van der Waals surface area contributed by atoms with Gasteiger partial charge in [0, 0.05) is 12.4 Å². The van der Waals surface area contributed by atoms with Crippen molar-refractivity contribution in [3.05, 3.63) is 23.9 Å². The Morgan fingerprint density at radius 3 is 2.27 bits per heavy atom. The van der Waals surface area contributed by atoms with E-state index in [2.05, 4.69) is 32.3 Å². The van der Waals surface area contributed by atoms with E-state index in [0.29, 0.717) is 5.92 Å². The summed E-state index contributed by atoms with van der Waals surface area (Å²) >= 11 is 0. The molecule has 0 saturated heterocycles. The lowest BCUT2D eigenvalue weighted by molar-refractivity contribution is 0.766. The van der Waals surface area contributed by atoms with Crippen molar-refractivity contribution in [3.8, 4) is 0 Å². The molecule has 0 heterocycles. The van der Waals surface area contributed by atoms with E-state index in [1.165, 1.54) is 5.57 Å². The molecule has 0 bridgehead atoms. The zero-order chi connectivity index (χ0) is 8.85. The minimum Gasteiger partial charge on any atom is -0.265 e. The van der Waals surface area contributed by atoms with Crippen LogP contribution in [0.15, 0.2) is 28.9 Å². The summed E-state index contributed by atoms with van der Waals surface area (Å²) in [5, 5.41) is 0. The van der Waals surface area contributed by atoms with Gasteiger partial charge in [-0.05, 0) is 25.3 Å². The first-order valence-corrected chi connectivity index (χ1v) is 3.89. The van der Waals surface area contributed by atoms with Crippen LogP contribution in [0.2, 0.25) is 0 Å². The molecule has 0 saturated carbocycles. The van der Waals surface area contributed by atoms with Crippen LogP contribution >= 0.6 is 0 Å². The summed E-state index contributed by atoms with van der Waals surface area (Å²) in [5.41, 5.74) is 2.28. The SMILES string of the molecule is C=C(C)/C=N\C=C(/C)C(C)C. The Hall–Kier alpha value is -0.850. The van der Waals surface area contributed by atoms with Crippen LogP contribution in [0.4, 0.5) is 0 Å². The predicted molar refractivity (Wildman–Crippen MR) is 51.9 cm³/mol. The first-order chi connectivity index (χ1) is 5.04. The van der Waals surface area contributed by atoms with Crippen molar-refractivity contribution in [2.45, 2.75) is 27.7 Å². The molecule has 0 spiro atoms. The Kier molecular flexibility index (Phi) is 4.51. The lowest BCUT2D eigenvalue weighted by Crippen LogP contribution is -1.87. The van der Waals surface area contributed by atoms with Crippen LogP contribution in [0.3, 0.4) is 0 Å². The van der Waals surface area contributed by atoms with Gasteiger partial charge in [-0.1, -0.05) is 26.0 Å². The molecule has 0 aromatic heterocycles. The third-order valence-electron chi connectivity index (χ3n) is 1.48. The Morgan fingerprint density at radius 2 is 1.91 bits per heavy atom. The molecule has 62 valence electrons. The van der Waals surface area contributed by atoms with Crippen molar-refractivity contribution in [1.29, 1.82) is 0 Å². The molecule has 0 unspecified atom stereocenters. The molecule has 0 radical (unpaired) electrons. The van der Waals surface area contributed by atoms with Gasteiger partial charge in [-0.25, -0.2) is 0 Å². The number of aliphatic imine (C=N–C) groups is 1. The van der Waals surface area contributed by atoms with Gasteiger partial charge >= 0.3 is 0 Å². The highest BCUT2D eigenvalue weighted by Gasteiger charge is 1.92. The lowest BCUT2D eigenvalue weighted by Gasteiger charge is -2.00. The smallest absolute Gasteiger partial charge is 0.0291 e. The van der Waals surface area contributed by atoms with Gasteiger partial charge < -0.3 is 0 Å². The second kappa shape index (κ2) is 4.89. The van der Waals surface area contributed by atoms with Crippen LogP contribution < -0.4 is 0 Å². The summed E-state index contributed by atoms with van der Waals surface area (Å²) in [7, 11) is 0. The van der Waals surface area contributed by atoms with Gasteiger partial charge in [-0.15, -0.1) is 0 Å². The molecule has 1 heteroatoms. The van der Waals surface area contributed by atoms with Crippen molar-refractivity contribution in [3.63, 3.8) is 0 Å². The minimum atomic E-state index is 0.581. The second-order valence-corrected chi connectivity index (χ2v) is 3.15. The maximum atomic E-state index is 4.11. The fourth-order valence-electron chi connectivity index (χ4n) is 0.431. The molecule has 1 nitrogen and oxygen atoms in total. The third-order valence-corrected chi connectivity index (χ3v) is 1.48. The van der Waals surface area contributed by atoms with Crippen LogP contribution in [0.1, 0.15) is 27.7 Å². The number of rotatable bonds is 3. The summed E-state index contributed by atoms with van der Waals surface area (Å²) in [6.07, 6.45) is 3.66. The van der Waals surface area contributed by atoms with E-state index in [1.54, 1.807) is 6.21 Å². The summed E-state index contributed by atoms with van der Waals surface area (Å²) in [5.74, 6) is 0.581. The highest BCUT2D eigenvalue weighted by atomic mass is 14.7. The van der Waals surface area contributed by atoms with E-state index in [9.17, 15) is 0 Å². The molecule has 0 aliphatic rings. The predicted octanol–water partition coefficient (Wildman–Crippen LogP) is 3.19. The largest absolute Gasteiger partial charge is 0.265 e. The van der Waals surface area contributed by atoms with Gasteiger partial charge in [-0.2, -0.15) is 0 Å². The molecule has 0 aromatic carbocycles. The fraction of sp³-hybridized carbons (Fsp3) is 0.500. The zero-order valence-electron chi connectivity index (χ0n) is 7.89. The molecule has 0 N–H and O–H groups in total. The maximum Gasteiger partial charge on any atom is 0.0291 e. The van der Waals surface area contributed by atoms with E-state index in [4.69, 9.17) is 0 Å². The molecule has 0 aliphatic carbocycles. The molecule has 0 aromatic rings. The van der Waals surface area contributed by atoms with Crippen LogP contribution in [0.5, 0.6) is 0 Å². The number of hydrogen-bond donors (Lipinski definition) is 0. The van der Waals surface area contributed by atoms with Crippen LogP contribution in [0, 0.1) is 5.92 Å². The third kappa shape index (κ3) is 5.59. The Labute approximate surface area is 69.5 Å². The number of hydrogen-bond acceptors (Lipinski definition) is 1. The first kappa shape index (κ1) is 10.2. The van der Waals surface area contributed by atoms with Crippen molar-refractivity contribution < 1.29 is 0 Å². The van der Waals surface area contributed by atoms with Gasteiger partial charge in [0.1, 0.15) is 0 Å². The molecule has 0 amide bonds. The standard InChI is InChI=1S/C10H17N/c1-8(2)6-11-7-10(5)9(3)4/h6-7,9H,1H2,2-5H3/b10-7+,11-6-. The monoisotopic (exact) mass is 151 g/mol. The van der Waals surface area contributed by atoms with Crippen LogP contribution in [-0.2, 0) is 0 Å². The van der Waals surface area contributed by atoms with Gasteiger partial charge in [-0.3, -0.25) is 4.99 Å². The normalized spacial score (nSPS) is 13.0. The van der Waals surface area contributed by atoms with Crippen molar-refractivity contribution in [1.82, 2.24) is 0 Å². The highest BCUT2D eigenvalue weighted by Crippen LogP contribution is 2.06. The molecule has 0 rings (SSSR count). The topological polar surface area (TPSA) is 12.4 Å². The number of nitrogens with zero attached hydrogens (tertiary/aromatic N) is 1. The minimum absolute atomic E-state index is 0.581. The van der Waals surface area contributed by atoms with Crippen molar-refractivity contribution in [2.24, 2.45) is 10.9 Å². The summed E-state index contributed by atoms with van der Waals surface area (Å²) in [6, 6.07) is 0. The van der Waals surface area contributed by atoms with Crippen LogP contribution in [-0.4, -0.2) is 6.21 Å². The Bertz CT molecular complexity index is 185. The van der Waals surface area contributed by atoms with E-state index in [0.717, 1.165) is 5.57 Å². The lowest BCUT2D eigenvalue weighted by atomic mass is 10.1. The molecule has 11 heavy (non-hydrogen) atoms. The zero-order valence-corrected chi connectivity index (χ0v) is 7.89. The van der Waals surface area contributed by atoms with Crippen molar-refractivity contribution >= 4 is 6.21 Å². The maximum absolute atomic E-state index is 4.11. The van der Waals surface area contributed by atoms with Gasteiger partial charge in [0.15, 0.2) is 0 Å². The van der Waals surface area contributed by atoms with Gasteiger partial charge in [0.25, 0.3) is 0 Å². The Balaban J connectivity index is 4.01. The molecule has 0 atom stereocenters.